The maximum absolute atomic E-state index is 12.0. The summed E-state index contributed by atoms with van der Waals surface area (Å²) < 4.78 is 10.2. The summed E-state index contributed by atoms with van der Waals surface area (Å²) in [5.41, 5.74) is 0. The van der Waals surface area contributed by atoms with Gasteiger partial charge in [0.15, 0.2) is 0 Å². The molecule has 7 heteroatoms. The van der Waals surface area contributed by atoms with Crippen LogP contribution in [0.25, 0.3) is 0 Å². The number of carbonyl (C=O) groups excluding carboxylic acids is 2. The van der Waals surface area contributed by atoms with Crippen LogP contribution in [0.15, 0.2) is 0 Å². The largest absolute Gasteiger partial charge is 0.382 e. The van der Waals surface area contributed by atoms with Crippen LogP contribution in [0.4, 0.5) is 0 Å². The number of hydrogen-bond acceptors (Lipinski definition) is 5. The van der Waals surface area contributed by atoms with Crippen molar-refractivity contribution >= 4 is 11.8 Å². The Morgan fingerprint density at radius 1 is 1.26 bits per heavy atom. The SMILES string of the molecule is COCCOCCN1CC2CNCCN2C(=O)C1=O. The van der Waals surface area contributed by atoms with E-state index in [1.165, 1.54) is 0 Å². The molecule has 2 heterocycles. The van der Waals surface area contributed by atoms with Gasteiger partial charge in [0.1, 0.15) is 0 Å². The number of nitrogens with zero attached hydrogens (tertiary/aromatic N) is 2. The highest BCUT2D eigenvalue weighted by Crippen LogP contribution is 2.13. The van der Waals surface area contributed by atoms with E-state index in [-0.39, 0.29) is 11.9 Å². The van der Waals surface area contributed by atoms with Crippen molar-refractivity contribution in [3.05, 3.63) is 0 Å². The number of carbonyl (C=O) groups is 2. The van der Waals surface area contributed by atoms with Crippen LogP contribution in [0.5, 0.6) is 0 Å². The van der Waals surface area contributed by atoms with Gasteiger partial charge < -0.3 is 24.6 Å². The zero-order valence-corrected chi connectivity index (χ0v) is 11.3. The highest BCUT2D eigenvalue weighted by Gasteiger charge is 2.39. The lowest BCUT2D eigenvalue weighted by Gasteiger charge is -2.43. The van der Waals surface area contributed by atoms with E-state index in [0.717, 1.165) is 13.1 Å². The summed E-state index contributed by atoms with van der Waals surface area (Å²) in [6.45, 7) is 4.65. The first-order valence-electron chi connectivity index (χ1n) is 6.61. The molecule has 2 aliphatic rings. The molecule has 1 atom stereocenters. The molecule has 0 aromatic rings. The molecule has 2 amide bonds. The van der Waals surface area contributed by atoms with Crippen LogP contribution in [0.1, 0.15) is 0 Å². The van der Waals surface area contributed by atoms with Crippen LogP contribution in [-0.2, 0) is 19.1 Å². The van der Waals surface area contributed by atoms with Crippen molar-refractivity contribution in [1.82, 2.24) is 15.1 Å². The monoisotopic (exact) mass is 271 g/mol. The summed E-state index contributed by atoms with van der Waals surface area (Å²) in [4.78, 5) is 27.2. The van der Waals surface area contributed by atoms with Gasteiger partial charge in [-0.2, -0.15) is 0 Å². The van der Waals surface area contributed by atoms with Gasteiger partial charge in [0, 0.05) is 39.8 Å². The molecule has 108 valence electrons. The zero-order valence-electron chi connectivity index (χ0n) is 11.3. The standard InChI is InChI=1S/C12H21N3O4/c1-18-6-7-19-5-4-14-9-10-8-13-2-3-15(10)12(17)11(14)16/h10,13H,2-9H2,1H3. The zero-order chi connectivity index (χ0) is 13.7. The molecule has 2 rings (SSSR count). The fourth-order valence-corrected chi connectivity index (χ4v) is 2.40. The number of nitrogens with one attached hydrogen (secondary N) is 1. The Hall–Kier alpha value is -1.18. The molecule has 0 spiro atoms. The molecule has 1 N–H and O–H groups in total. The van der Waals surface area contributed by atoms with Crippen molar-refractivity contribution in [2.75, 3.05) is 59.7 Å². The Balaban J connectivity index is 1.80. The molecule has 2 saturated heterocycles. The Kier molecular flexibility index (Phi) is 5.12. The van der Waals surface area contributed by atoms with Crippen LogP contribution in [-0.4, -0.2) is 87.3 Å². The maximum Gasteiger partial charge on any atom is 0.312 e. The quantitative estimate of drug-likeness (QED) is 0.460. The molecule has 1 unspecified atom stereocenters. The van der Waals surface area contributed by atoms with Crippen molar-refractivity contribution in [2.45, 2.75) is 6.04 Å². The molecule has 0 aromatic heterocycles. The number of rotatable bonds is 6. The minimum absolute atomic E-state index is 0.0953. The van der Waals surface area contributed by atoms with Gasteiger partial charge in [-0.05, 0) is 0 Å². The van der Waals surface area contributed by atoms with E-state index in [9.17, 15) is 9.59 Å². The number of amides is 2. The Labute approximate surface area is 112 Å². The number of fused-ring (bicyclic) bond motifs is 1. The van der Waals surface area contributed by atoms with Gasteiger partial charge in [0.2, 0.25) is 0 Å². The summed E-state index contributed by atoms with van der Waals surface area (Å²) >= 11 is 0. The maximum atomic E-state index is 12.0. The second-order valence-corrected chi connectivity index (χ2v) is 4.71. The summed E-state index contributed by atoms with van der Waals surface area (Å²) in [6, 6.07) is 0.0953. The van der Waals surface area contributed by atoms with Gasteiger partial charge in [-0.1, -0.05) is 0 Å². The van der Waals surface area contributed by atoms with Crippen LogP contribution >= 0.6 is 0 Å². The van der Waals surface area contributed by atoms with Crippen molar-refractivity contribution in [3.63, 3.8) is 0 Å². The van der Waals surface area contributed by atoms with Crippen LogP contribution < -0.4 is 5.32 Å². The molecule has 0 saturated carbocycles. The Bertz CT molecular complexity index is 337. The normalized spacial score (nSPS) is 23.7. The summed E-state index contributed by atoms with van der Waals surface area (Å²) in [5.74, 6) is -0.789. The van der Waals surface area contributed by atoms with Crippen molar-refractivity contribution in [2.24, 2.45) is 0 Å². The number of ether oxygens (including phenoxy) is 2. The third-order valence-electron chi connectivity index (χ3n) is 3.45. The lowest BCUT2D eigenvalue weighted by atomic mass is 10.1. The number of methoxy groups -OCH3 is 1. The molecule has 7 nitrogen and oxygen atoms in total. The highest BCUT2D eigenvalue weighted by molar-refractivity contribution is 6.35. The van der Waals surface area contributed by atoms with Gasteiger partial charge in [0.05, 0.1) is 25.9 Å². The van der Waals surface area contributed by atoms with E-state index in [1.807, 2.05) is 0 Å². The molecular formula is C12H21N3O4. The van der Waals surface area contributed by atoms with Gasteiger partial charge in [0.25, 0.3) is 0 Å². The van der Waals surface area contributed by atoms with E-state index in [0.29, 0.717) is 39.5 Å². The lowest BCUT2D eigenvalue weighted by molar-refractivity contribution is -0.160. The minimum Gasteiger partial charge on any atom is -0.382 e. The smallest absolute Gasteiger partial charge is 0.312 e. The molecule has 2 aliphatic heterocycles. The average molecular weight is 271 g/mol. The van der Waals surface area contributed by atoms with Crippen LogP contribution in [0.3, 0.4) is 0 Å². The molecule has 0 bridgehead atoms. The molecule has 0 radical (unpaired) electrons. The van der Waals surface area contributed by atoms with Gasteiger partial charge in [-0.15, -0.1) is 0 Å². The van der Waals surface area contributed by atoms with Gasteiger partial charge in [-0.25, -0.2) is 0 Å². The summed E-state index contributed by atoms with van der Waals surface area (Å²) in [7, 11) is 1.61. The van der Waals surface area contributed by atoms with Crippen LogP contribution in [0.2, 0.25) is 0 Å². The average Bonchev–Trinajstić information content (AvgIpc) is 2.44. The third-order valence-corrected chi connectivity index (χ3v) is 3.45. The Morgan fingerprint density at radius 3 is 2.89 bits per heavy atom. The second-order valence-electron chi connectivity index (χ2n) is 4.71. The predicted molar refractivity (Wildman–Crippen MR) is 67.6 cm³/mol. The van der Waals surface area contributed by atoms with Crippen molar-refractivity contribution in [3.8, 4) is 0 Å². The molecule has 0 aromatic carbocycles. The van der Waals surface area contributed by atoms with Crippen molar-refractivity contribution < 1.29 is 19.1 Å². The molecule has 19 heavy (non-hydrogen) atoms. The number of piperazine rings is 2. The highest BCUT2D eigenvalue weighted by atomic mass is 16.5. The van der Waals surface area contributed by atoms with E-state index >= 15 is 0 Å². The van der Waals surface area contributed by atoms with Crippen LogP contribution in [0, 0.1) is 0 Å². The van der Waals surface area contributed by atoms with E-state index in [1.54, 1.807) is 16.9 Å². The van der Waals surface area contributed by atoms with E-state index < -0.39 is 5.91 Å². The fraction of sp³-hybridized carbons (Fsp3) is 0.833. The first kappa shape index (κ1) is 14.2. The van der Waals surface area contributed by atoms with Crippen molar-refractivity contribution in [1.29, 1.82) is 0 Å². The summed E-state index contributed by atoms with van der Waals surface area (Å²) in [5, 5.41) is 3.24. The van der Waals surface area contributed by atoms with Gasteiger partial charge in [-0.3, -0.25) is 9.59 Å². The first-order chi connectivity index (χ1) is 9.24. The summed E-state index contributed by atoms with van der Waals surface area (Å²) in [6.07, 6.45) is 0. The topological polar surface area (TPSA) is 71.1 Å². The van der Waals surface area contributed by atoms with E-state index in [4.69, 9.17) is 9.47 Å². The minimum atomic E-state index is -0.409. The predicted octanol–water partition coefficient (Wildman–Crippen LogP) is -1.71. The fourth-order valence-electron chi connectivity index (χ4n) is 2.40. The van der Waals surface area contributed by atoms with Gasteiger partial charge >= 0.3 is 11.8 Å². The molecular weight excluding hydrogens is 250 g/mol. The molecule has 2 fully saturated rings. The van der Waals surface area contributed by atoms with E-state index in [2.05, 4.69) is 5.32 Å². The Morgan fingerprint density at radius 2 is 2.11 bits per heavy atom. The second kappa shape index (κ2) is 6.83. The third kappa shape index (κ3) is 3.43. The number of hydrogen-bond donors (Lipinski definition) is 1. The first-order valence-corrected chi connectivity index (χ1v) is 6.61. The molecule has 0 aliphatic carbocycles. The lowest BCUT2D eigenvalue weighted by Crippen LogP contribution is -2.65.